The van der Waals surface area contributed by atoms with Gasteiger partial charge in [0.25, 0.3) is 0 Å². The van der Waals surface area contributed by atoms with Gasteiger partial charge in [-0.25, -0.2) is 0 Å². The second kappa shape index (κ2) is 8.45. The highest BCUT2D eigenvalue weighted by Crippen LogP contribution is 2.42. The Bertz CT molecular complexity index is 768. The lowest BCUT2D eigenvalue weighted by Gasteiger charge is -2.25. The van der Waals surface area contributed by atoms with Crippen LogP contribution in [0.3, 0.4) is 0 Å². The molecule has 0 saturated carbocycles. The standard InChI is InChI=1S/C18H22O8/c19-3-10-11(4-20)13(6-22)17(14(7-23)12(10)5-21)9-1-2-16(25)18(26)15(9)8-24/h1-2,19-26H,3-8H2. The van der Waals surface area contributed by atoms with Crippen molar-refractivity contribution in [3.63, 3.8) is 0 Å². The van der Waals surface area contributed by atoms with E-state index < -0.39 is 51.1 Å². The monoisotopic (exact) mass is 366 g/mol. The number of phenols is 2. The van der Waals surface area contributed by atoms with Crippen LogP contribution in [0.5, 0.6) is 11.5 Å². The molecule has 0 unspecified atom stereocenters. The molecule has 0 saturated heterocycles. The maximum Gasteiger partial charge on any atom is 0.163 e. The van der Waals surface area contributed by atoms with Gasteiger partial charge in [-0.05, 0) is 45.0 Å². The van der Waals surface area contributed by atoms with Crippen LogP contribution in [-0.4, -0.2) is 40.9 Å². The third kappa shape index (κ3) is 3.14. The Hall–Kier alpha value is -2.20. The summed E-state index contributed by atoms with van der Waals surface area (Å²) in [7, 11) is 0. The number of aliphatic hydroxyl groups excluding tert-OH is 6. The van der Waals surface area contributed by atoms with Crippen LogP contribution in [0.1, 0.15) is 33.4 Å². The number of benzene rings is 2. The van der Waals surface area contributed by atoms with Gasteiger partial charge in [0.1, 0.15) is 0 Å². The fourth-order valence-corrected chi connectivity index (χ4v) is 3.30. The van der Waals surface area contributed by atoms with E-state index in [9.17, 15) is 40.9 Å². The summed E-state index contributed by atoms with van der Waals surface area (Å²) in [5, 5.41) is 78.2. The predicted octanol–water partition coefficient (Wildman–Crippen LogP) is -0.281. The zero-order valence-electron chi connectivity index (χ0n) is 14.0. The Morgan fingerprint density at radius 2 is 0.885 bits per heavy atom. The summed E-state index contributed by atoms with van der Waals surface area (Å²) < 4.78 is 0. The average Bonchev–Trinajstić information content (AvgIpc) is 2.67. The second-order valence-electron chi connectivity index (χ2n) is 5.68. The predicted molar refractivity (Wildman–Crippen MR) is 90.7 cm³/mol. The number of aliphatic hydroxyl groups is 6. The first-order chi connectivity index (χ1) is 12.5. The molecule has 0 aliphatic carbocycles. The highest BCUT2D eigenvalue weighted by Gasteiger charge is 2.25. The molecule has 2 aromatic carbocycles. The number of hydrogen-bond donors (Lipinski definition) is 8. The second-order valence-corrected chi connectivity index (χ2v) is 5.68. The Kier molecular flexibility index (Phi) is 6.54. The summed E-state index contributed by atoms with van der Waals surface area (Å²) in [4.78, 5) is 0. The molecule has 26 heavy (non-hydrogen) atoms. The lowest BCUT2D eigenvalue weighted by molar-refractivity contribution is 0.233. The van der Waals surface area contributed by atoms with Gasteiger partial charge < -0.3 is 40.9 Å². The van der Waals surface area contributed by atoms with Gasteiger partial charge in [-0.2, -0.15) is 0 Å². The molecule has 0 amide bonds. The molecule has 0 spiro atoms. The van der Waals surface area contributed by atoms with E-state index in [4.69, 9.17) is 0 Å². The molecular weight excluding hydrogens is 344 g/mol. The van der Waals surface area contributed by atoms with Crippen LogP contribution >= 0.6 is 0 Å². The topological polar surface area (TPSA) is 162 Å². The van der Waals surface area contributed by atoms with Crippen molar-refractivity contribution in [2.24, 2.45) is 0 Å². The van der Waals surface area contributed by atoms with E-state index in [1.54, 1.807) is 0 Å². The summed E-state index contributed by atoms with van der Waals surface area (Å²) in [6.45, 7) is -3.39. The van der Waals surface area contributed by atoms with E-state index in [0.29, 0.717) is 0 Å². The molecule has 0 fully saturated rings. The van der Waals surface area contributed by atoms with Crippen molar-refractivity contribution in [1.82, 2.24) is 0 Å². The van der Waals surface area contributed by atoms with E-state index in [2.05, 4.69) is 0 Å². The van der Waals surface area contributed by atoms with Crippen LogP contribution in [0.2, 0.25) is 0 Å². The molecule has 8 heteroatoms. The lowest BCUT2D eigenvalue weighted by atomic mass is 9.83. The Balaban J connectivity index is 3.04. The number of hydrogen-bond acceptors (Lipinski definition) is 8. The molecule has 0 aromatic heterocycles. The summed E-state index contributed by atoms with van der Waals surface area (Å²) in [6, 6.07) is 2.57. The van der Waals surface area contributed by atoms with Gasteiger partial charge in [-0.1, -0.05) is 6.07 Å². The third-order valence-corrected chi connectivity index (χ3v) is 4.54. The van der Waals surface area contributed by atoms with Crippen molar-refractivity contribution in [2.45, 2.75) is 39.6 Å². The normalized spacial score (nSPS) is 11.2. The molecule has 8 nitrogen and oxygen atoms in total. The lowest BCUT2D eigenvalue weighted by Crippen LogP contribution is -2.13. The van der Waals surface area contributed by atoms with Crippen LogP contribution in [0, 0.1) is 0 Å². The van der Waals surface area contributed by atoms with Crippen LogP contribution < -0.4 is 0 Å². The van der Waals surface area contributed by atoms with Crippen LogP contribution in [-0.2, 0) is 39.6 Å². The first-order valence-corrected chi connectivity index (χ1v) is 7.88. The Morgan fingerprint density at radius 1 is 0.500 bits per heavy atom. The maximum absolute atomic E-state index is 10.0. The summed E-state index contributed by atoms with van der Waals surface area (Å²) in [5.41, 5.74) is 1.30. The summed E-state index contributed by atoms with van der Waals surface area (Å²) in [6.07, 6.45) is 0. The Morgan fingerprint density at radius 3 is 1.27 bits per heavy atom. The van der Waals surface area contributed by atoms with Crippen molar-refractivity contribution in [3.05, 3.63) is 45.5 Å². The average molecular weight is 366 g/mol. The van der Waals surface area contributed by atoms with E-state index in [0.717, 1.165) is 0 Å². The minimum atomic E-state index is -0.643. The van der Waals surface area contributed by atoms with Crippen molar-refractivity contribution in [1.29, 1.82) is 0 Å². The van der Waals surface area contributed by atoms with Crippen LogP contribution in [0.25, 0.3) is 11.1 Å². The summed E-state index contributed by atoms with van der Waals surface area (Å²) >= 11 is 0. The quantitative estimate of drug-likeness (QED) is 0.310. The molecule has 0 aliphatic rings. The number of aromatic hydroxyl groups is 2. The molecule has 8 N–H and O–H groups in total. The smallest absolute Gasteiger partial charge is 0.163 e. The summed E-state index contributed by atoms with van der Waals surface area (Å²) in [5.74, 6) is -1.01. The first-order valence-electron chi connectivity index (χ1n) is 7.88. The number of phenolic OH excluding ortho intramolecular Hbond substituents is 1. The van der Waals surface area contributed by atoms with E-state index in [1.165, 1.54) is 12.1 Å². The maximum atomic E-state index is 10.0. The molecule has 0 aliphatic heterocycles. The SMILES string of the molecule is OCc1c(-c2c(CO)c(CO)c(CO)c(CO)c2CO)ccc(O)c1O. The zero-order valence-corrected chi connectivity index (χ0v) is 14.0. The molecule has 142 valence electrons. The first kappa shape index (κ1) is 20.1. The fraction of sp³-hybridized carbons (Fsp3) is 0.333. The third-order valence-electron chi connectivity index (χ3n) is 4.54. The van der Waals surface area contributed by atoms with Gasteiger partial charge >= 0.3 is 0 Å². The minimum Gasteiger partial charge on any atom is -0.504 e. The van der Waals surface area contributed by atoms with E-state index in [1.807, 2.05) is 0 Å². The molecule has 0 radical (unpaired) electrons. The molecule has 0 atom stereocenters. The van der Waals surface area contributed by atoms with Crippen LogP contribution in [0.4, 0.5) is 0 Å². The molecule has 2 aromatic rings. The van der Waals surface area contributed by atoms with Gasteiger partial charge in [0, 0.05) is 5.56 Å². The molecular formula is C18H22O8. The number of rotatable bonds is 7. The van der Waals surface area contributed by atoms with Crippen molar-refractivity contribution in [3.8, 4) is 22.6 Å². The van der Waals surface area contributed by atoms with E-state index >= 15 is 0 Å². The van der Waals surface area contributed by atoms with Crippen molar-refractivity contribution < 1.29 is 40.9 Å². The van der Waals surface area contributed by atoms with Gasteiger partial charge in [0.2, 0.25) is 0 Å². The highest BCUT2D eigenvalue weighted by molar-refractivity contribution is 5.80. The van der Waals surface area contributed by atoms with Gasteiger partial charge in [-0.15, -0.1) is 0 Å². The van der Waals surface area contributed by atoms with Crippen LogP contribution in [0.15, 0.2) is 12.1 Å². The highest BCUT2D eigenvalue weighted by atomic mass is 16.3. The minimum absolute atomic E-state index is 0.0427. The van der Waals surface area contributed by atoms with Gasteiger partial charge in [-0.3, -0.25) is 0 Å². The van der Waals surface area contributed by atoms with E-state index in [-0.39, 0.29) is 44.5 Å². The fourth-order valence-electron chi connectivity index (χ4n) is 3.30. The molecule has 0 bridgehead atoms. The Labute approximate surface area is 149 Å². The van der Waals surface area contributed by atoms with Crippen molar-refractivity contribution >= 4 is 0 Å². The van der Waals surface area contributed by atoms with Gasteiger partial charge in [0.15, 0.2) is 11.5 Å². The molecule has 2 rings (SSSR count). The largest absolute Gasteiger partial charge is 0.504 e. The van der Waals surface area contributed by atoms with Gasteiger partial charge in [0.05, 0.1) is 39.6 Å². The molecule has 0 heterocycles. The zero-order chi connectivity index (χ0) is 19.4. The van der Waals surface area contributed by atoms with Crippen molar-refractivity contribution in [2.75, 3.05) is 0 Å².